The number of non-ortho nitro benzene ring substituents is 1. The maximum Gasteiger partial charge on any atom is 0.513 e. The number of carbonyl (C=O) groups is 2. The van der Waals surface area contributed by atoms with E-state index in [-0.39, 0.29) is 30.4 Å². The first-order valence-electron chi connectivity index (χ1n) is 5.82. The zero-order valence-electron chi connectivity index (χ0n) is 10.8. The van der Waals surface area contributed by atoms with E-state index in [1.54, 1.807) is 0 Å². The van der Waals surface area contributed by atoms with Gasteiger partial charge in [-0.1, -0.05) is 0 Å². The first-order chi connectivity index (χ1) is 9.52. The highest BCUT2D eigenvalue weighted by Crippen LogP contribution is 2.17. The molecular formula is C12H14N2O6. The number of hydrogen-bond donors (Lipinski definition) is 1. The molecule has 0 aliphatic heterocycles. The van der Waals surface area contributed by atoms with Crippen molar-refractivity contribution in [2.45, 2.75) is 12.8 Å². The Labute approximate surface area is 114 Å². The van der Waals surface area contributed by atoms with E-state index in [1.165, 1.54) is 31.3 Å². The van der Waals surface area contributed by atoms with E-state index in [1.807, 2.05) is 0 Å². The van der Waals surface area contributed by atoms with Crippen molar-refractivity contribution in [2.75, 3.05) is 13.7 Å². The van der Waals surface area contributed by atoms with Crippen molar-refractivity contribution in [1.82, 2.24) is 5.32 Å². The molecule has 0 unspecified atom stereocenters. The van der Waals surface area contributed by atoms with Crippen LogP contribution in [0.25, 0.3) is 0 Å². The molecule has 0 radical (unpaired) electrons. The largest absolute Gasteiger partial charge is 0.513 e. The molecule has 1 amide bonds. The molecule has 8 heteroatoms. The molecule has 0 aliphatic carbocycles. The highest BCUT2D eigenvalue weighted by Gasteiger charge is 2.09. The van der Waals surface area contributed by atoms with Crippen LogP contribution in [0, 0.1) is 10.1 Å². The molecule has 108 valence electrons. The lowest BCUT2D eigenvalue weighted by atomic mass is 10.3. The molecule has 0 saturated carbocycles. The van der Waals surface area contributed by atoms with Gasteiger partial charge in [-0.25, -0.2) is 4.79 Å². The van der Waals surface area contributed by atoms with Gasteiger partial charge in [-0.3, -0.25) is 14.9 Å². The smallest absolute Gasteiger partial charge is 0.434 e. The summed E-state index contributed by atoms with van der Waals surface area (Å²) < 4.78 is 9.54. The van der Waals surface area contributed by atoms with Crippen LogP contribution < -0.4 is 10.1 Å². The summed E-state index contributed by atoms with van der Waals surface area (Å²) in [6.45, 7) is 0.0548. The summed E-state index contributed by atoms with van der Waals surface area (Å²) in [7, 11) is 1.52. The summed E-state index contributed by atoms with van der Waals surface area (Å²) in [6, 6.07) is 5.02. The molecule has 0 fully saturated rings. The predicted molar refractivity (Wildman–Crippen MR) is 68.4 cm³/mol. The topological polar surface area (TPSA) is 108 Å². The van der Waals surface area contributed by atoms with Crippen molar-refractivity contribution in [3.63, 3.8) is 0 Å². The lowest BCUT2D eigenvalue weighted by Gasteiger charge is -2.05. The van der Waals surface area contributed by atoms with Gasteiger partial charge in [0.25, 0.3) is 5.69 Å². The van der Waals surface area contributed by atoms with Crippen molar-refractivity contribution < 1.29 is 24.0 Å². The van der Waals surface area contributed by atoms with Crippen LogP contribution in [0.4, 0.5) is 10.5 Å². The van der Waals surface area contributed by atoms with Crippen LogP contribution in [0.5, 0.6) is 5.75 Å². The molecule has 0 aliphatic rings. The van der Waals surface area contributed by atoms with Crippen molar-refractivity contribution in [1.29, 1.82) is 0 Å². The fourth-order valence-corrected chi connectivity index (χ4v) is 1.27. The Morgan fingerprint density at radius 3 is 2.50 bits per heavy atom. The van der Waals surface area contributed by atoms with E-state index < -0.39 is 11.1 Å². The minimum atomic E-state index is -0.921. The monoisotopic (exact) mass is 282 g/mol. The van der Waals surface area contributed by atoms with Gasteiger partial charge in [0.15, 0.2) is 0 Å². The lowest BCUT2D eigenvalue weighted by Crippen LogP contribution is -2.18. The molecular weight excluding hydrogens is 268 g/mol. The van der Waals surface area contributed by atoms with E-state index in [4.69, 9.17) is 9.47 Å². The first-order valence-corrected chi connectivity index (χ1v) is 5.82. The minimum Gasteiger partial charge on any atom is -0.434 e. The number of hydrogen-bond acceptors (Lipinski definition) is 6. The number of carbonyl (C=O) groups excluding carboxylic acids is 2. The summed E-state index contributed by atoms with van der Waals surface area (Å²) in [5.74, 6) is 0.00392. The van der Waals surface area contributed by atoms with Crippen LogP contribution >= 0.6 is 0 Å². The van der Waals surface area contributed by atoms with Crippen LogP contribution in [0.2, 0.25) is 0 Å². The maximum absolute atomic E-state index is 11.3. The number of nitrogens with one attached hydrogen (secondary N) is 1. The number of ether oxygens (including phenoxy) is 2. The third kappa shape index (κ3) is 5.34. The molecule has 8 nitrogen and oxygen atoms in total. The third-order valence-corrected chi connectivity index (χ3v) is 2.30. The molecule has 0 heterocycles. The number of nitrogens with zero attached hydrogens (tertiary/aromatic N) is 1. The summed E-state index contributed by atoms with van der Waals surface area (Å²) in [5, 5.41) is 12.9. The molecule has 1 aromatic carbocycles. The Morgan fingerprint density at radius 2 is 1.95 bits per heavy atom. The molecule has 0 spiro atoms. The minimum absolute atomic E-state index is 0.0548. The van der Waals surface area contributed by atoms with E-state index in [0.717, 1.165) is 0 Å². The molecule has 1 N–H and O–H groups in total. The Balaban J connectivity index is 2.31. The molecule has 1 rings (SSSR count). The van der Waals surface area contributed by atoms with Gasteiger partial charge in [-0.05, 0) is 18.6 Å². The zero-order valence-corrected chi connectivity index (χ0v) is 10.8. The highest BCUT2D eigenvalue weighted by molar-refractivity contribution is 5.75. The van der Waals surface area contributed by atoms with Gasteiger partial charge in [0.05, 0.1) is 11.5 Å². The highest BCUT2D eigenvalue weighted by atomic mass is 16.7. The van der Waals surface area contributed by atoms with Gasteiger partial charge < -0.3 is 14.8 Å². The molecule has 0 saturated heterocycles. The van der Waals surface area contributed by atoms with Gasteiger partial charge in [-0.15, -0.1) is 0 Å². The lowest BCUT2D eigenvalue weighted by molar-refractivity contribution is -0.384. The molecule has 20 heavy (non-hydrogen) atoms. The fourth-order valence-electron chi connectivity index (χ4n) is 1.27. The number of nitro groups is 1. The third-order valence-electron chi connectivity index (χ3n) is 2.30. The number of rotatable bonds is 6. The van der Waals surface area contributed by atoms with Crippen LogP contribution in [-0.4, -0.2) is 30.6 Å². The molecule has 0 aromatic heterocycles. The fraction of sp³-hybridized carbons (Fsp3) is 0.333. The second-order valence-corrected chi connectivity index (χ2v) is 3.73. The van der Waals surface area contributed by atoms with Gasteiger partial charge in [0, 0.05) is 25.6 Å². The quantitative estimate of drug-likeness (QED) is 0.279. The summed E-state index contributed by atoms with van der Waals surface area (Å²) in [5.41, 5.74) is -0.101. The average Bonchev–Trinajstić information content (AvgIpc) is 2.43. The Bertz CT molecular complexity index is 485. The van der Waals surface area contributed by atoms with Crippen molar-refractivity contribution >= 4 is 17.7 Å². The van der Waals surface area contributed by atoms with Crippen molar-refractivity contribution in [3.8, 4) is 5.75 Å². The Hall–Kier alpha value is -2.64. The van der Waals surface area contributed by atoms with Crippen LogP contribution in [0.3, 0.4) is 0 Å². The summed E-state index contributed by atoms with van der Waals surface area (Å²) in [4.78, 5) is 32.0. The van der Waals surface area contributed by atoms with Crippen molar-refractivity contribution in [3.05, 3.63) is 34.4 Å². The summed E-state index contributed by atoms with van der Waals surface area (Å²) in [6.07, 6.45) is -0.285. The average molecular weight is 282 g/mol. The number of amides is 1. The van der Waals surface area contributed by atoms with E-state index in [2.05, 4.69) is 5.32 Å². The zero-order chi connectivity index (χ0) is 15.0. The van der Waals surface area contributed by atoms with E-state index >= 15 is 0 Å². The van der Waals surface area contributed by atoms with Gasteiger partial charge >= 0.3 is 6.16 Å². The van der Waals surface area contributed by atoms with Crippen LogP contribution in [0.1, 0.15) is 12.8 Å². The SMILES string of the molecule is CNC(=O)CCCOC(=O)Oc1ccc([N+](=O)[O-])cc1. The molecule has 0 bridgehead atoms. The van der Waals surface area contributed by atoms with Gasteiger partial charge in [0.1, 0.15) is 5.75 Å². The van der Waals surface area contributed by atoms with E-state index in [0.29, 0.717) is 6.42 Å². The molecule has 1 aromatic rings. The van der Waals surface area contributed by atoms with Crippen LogP contribution in [0.15, 0.2) is 24.3 Å². The molecule has 0 atom stereocenters. The standard InChI is InChI=1S/C12H14N2O6/c1-13-11(15)3-2-8-19-12(16)20-10-6-4-9(5-7-10)14(17)18/h4-7H,2-3,8H2,1H3,(H,13,15). The second-order valence-electron chi connectivity index (χ2n) is 3.73. The normalized spacial score (nSPS) is 9.65. The van der Waals surface area contributed by atoms with Crippen LogP contribution in [-0.2, 0) is 9.53 Å². The first kappa shape index (κ1) is 15.4. The number of nitro benzene ring substituents is 1. The summed E-state index contributed by atoms with van der Waals surface area (Å²) >= 11 is 0. The Morgan fingerprint density at radius 1 is 1.30 bits per heavy atom. The number of benzene rings is 1. The Kier molecular flexibility index (Phi) is 5.95. The van der Waals surface area contributed by atoms with Gasteiger partial charge in [-0.2, -0.15) is 0 Å². The predicted octanol–water partition coefficient (Wildman–Crippen LogP) is 1.64. The van der Waals surface area contributed by atoms with Crippen molar-refractivity contribution in [2.24, 2.45) is 0 Å². The second kappa shape index (κ2) is 7.72. The van der Waals surface area contributed by atoms with Gasteiger partial charge in [0.2, 0.25) is 5.91 Å². The maximum atomic E-state index is 11.3. The van der Waals surface area contributed by atoms with E-state index in [9.17, 15) is 19.7 Å².